The Balaban J connectivity index is 1.85. The quantitative estimate of drug-likeness (QED) is 0.926. The van der Waals surface area contributed by atoms with E-state index in [4.69, 9.17) is 5.73 Å². The Bertz CT molecular complexity index is 575. The highest BCUT2D eigenvalue weighted by molar-refractivity contribution is 5.56. The largest absolute Gasteiger partial charge is 0.364 e. The van der Waals surface area contributed by atoms with Gasteiger partial charge in [-0.1, -0.05) is 25.1 Å². The van der Waals surface area contributed by atoms with E-state index < -0.39 is 0 Å². The van der Waals surface area contributed by atoms with E-state index in [0.29, 0.717) is 0 Å². The molecule has 1 unspecified atom stereocenters. The summed E-state index contributed by atoms with van der Waals surface area (Å²) in [6.45, 7) is 5.01. The molecule has 4 heteroatoms. The molecule has 0 radical (unpaired) electrons. The molecule has 2 aromatic rings. The van der Waals surface area contributed by atoms with Gasteiger partial charge in [0.25, 0.3) is 0 Å². The summed E-state index contributed by atoms with van der Waals surface area (Å²) in [5, 5.41) is 0. The van der Waals surface area contributed by atoms with E-state index >= 15 is 0 Å². The SMILES string of the molecule is CCCn1cncc1CN1CC(N)Cc2ccccc21. The minimum Gasteiger partial charge on any atom is -0.364 e. The van der Waals surface area contributed by atoms with Gasteiger partial charge in [0.05, 0.1) is 18.6 Å². The molecule has 1 atom stereocenters. The molecule has 1 aromatic carbocycles. The van der Waals surface area contributed by atoms with Crippen molar-refractivity contribution < 1.29 is 0 Å². The third-order valence-electron chi connectivity index (χ3n) is 3.89. The highest BCUT2D eigenvalue weighted by Gasteiger charge is 2.22. The average Bonchev–Trinajstić information content (AvgIpc) is 2.86. The first kappa shape index (κ1) is 13.2. The van der Waals surface area contributed by atoms with Crippen LogP contribution in [0.3, 0.4) is 0 Å². The second kappa shape index (κ2) is 5.67. The smallest absolute Gasteiger partial charge is 0.0948 e. The van der Waals surface area contributed by atoms with Crippen molar-refractivity contribution in [3.8, 4) is 0 Å². The number of rotatable bonds is 4. The van der Waals surface area contributed by atoms with Gasteiger partial charge in [-0.15, -0.1) is 0 Å². The number of nitrogens with zero attached hydrogens (tertiary/aromatic N) is 3. The van der Waals surface area contributed by atoms with Gasteiger partial charge in [-0.3, -0.25) is 0 Å². The minimum atomic E-state index is 0.215. The number of para-hydroxylation sites is 1. The van der Waals surface area contributed by atoms with Gasteiger partial charge in [0, 0.05) is 31.0 Å². The van der Waals surface area contributed by atoms with Crippen molar-refractivity contribution in [3.05, 3.63) is 48.0 Å². The Kier molecular flexibility index (Phi) is 3.74. The molecule has 106 valence electrons. The highest BCUT2D eigenvalue weighted by atomic mass is 15.2. The van der Waals surface area contributed by atoms with Crippen molar-refractivity contribution in [3.63, 3.8) is 0 Å². The van der Waals surface area contributed by atoms with Crippen LogP contribution >= 0.6 is 0 Å². The minimum absolute atomic E-state index is 0.215. The number of anilines is 1. The van der Waals surface area contributed by atoms with Crippen molar-refractivity contribution in [2.45, 2.75) is 38.9 Å². The summed E-state index contributed by atoms with van der Waals surface area (Å²) in [5.41, 5.74) is 10.1. The van der Waals surface area contributed by atoms with Crippen molar-refractivity contribution in [2.24, 2.45) is 5.73 Å². The van der Waals surface area contributed by atoms with E-state index in [-0.39, 0.29) is 6.04 Å². The van der Waals surface area contributed by atoms with Crippen LogP contribution in [-0.4, -0.2) is 22.1 Å². The fraction of sp³-hybridized carbons (Fsp3) is 0.438. The van der Waals surface area contributed by atoms with Crippen LogP contribution in [0.5, 0.6) is 0 Å². The summed E-state index contributed by atoms with van der Waals surface area (Å²) in [7, 11) is 0. The number of imidazole rings is 1. The lowest BCUT2D eigenvalue weighted by Gasteiger charge is -2.34. The molecule has 1 aliphatic rings. The van der Waals surface area contributed by atoms with Crippen LogP contribution < -0.4 is 10.6 Å². The van der Waals surface area contributed by atoms with Gasteiger partial charge in [0.15, 0.2) is 0 Å². The maximum Gasteiger partial charge on any atom is 0.0948 e. The molecule has 3 rings (SSSR count). The molecule has 0 saturated carbocycles. The predicted molar refractivity (Wildman–Crippen MR) is 81.7 cm³/mol. The number of fused-ring (bicyclic) bond motifs is 1. The van der Waals surface area contributed by atoms with Crippen LogP contribution in [0, 0.1) is 0 Å². The first-order valence-corrected chi connectivity index (χ1v) is 7.35. The van der Waals surface area contributed by atoms with Gasteiger partial charge < -0.3 is 15.2 Å². The molecule has 0 amide bonds. The molecule has 0 aliphatic carbocycles. The molecule has 0 bridgehead atoms. The number of hydrogen-bond donors (Lipinski definition) is 1. The van der Waals surface area contributed by atoms with E-state index in [1.54, 1.807) is 0 Å². The number of aryl methyl sites for hydroxylation is 1. The maximum absolute atomic E-state index is 6.20. The van der Waals surface area contributed by atoms with E-state index in [2.05, 4.69) is 45.6 Å². The third-order valence-corrected chi connectivity index (χ3v) is 3.89. The van der Waals surface area contributed by atoms with Gasteiger partial charge >= 0.3 is 0 Å². The lowest BCUT2D eigenvalue weighted by atomic mass is 9.98. The molecule has 0 spiro atoms. The molecule has 1 aliphatic heterocycles. The van der Waals surface area contributed by atoms with Gasteiger partial charge in [-0.25, -0.2) is 4.98 Å². The first-order valence-electron chi connectivity index (χ1n) is 7.35. The Morgan fingerprint density at radius 1 is 1.35 bits per heavy atom. The van der Waals surface area contributed by atoms with E-state index in [9.17, 15) is 0 Å². The lowest BCUT2D eigenvalue weighted by Crippen LogP contribution is -2.43. The standard InChI is InChI=1S/C16H22N4/c1-2-7-19-12-18-9-15(19)11-20-10-14(17)8-13-5-3-4-6-16(13)20/h3-6,9,12,14H,2,7-8,10-11,17H2,1H3. The average molecular weight is 270 g/mol. The lowest BCUT2D eigenvalue weighted by molar-refractivity contribution is 0.576. The van der Waals surface area contributed by atoms with Crippen LogP contribution in [0.25, 0.3) is 0 Å². The van der Waals surface area contributed by atoms with Crippen molar-refractivity contribution >= 4 is 5.69 Å². The van der Waals surface area contributed by atoms with Crippen LogP contribution in [0.15, 0.2) is 36.8 Å². The molecule has 1 aromatic heterocycles. The summed E-state index contributed by atoms with van der Waals surface area (Å²) in [6.07, 6.45) is 5.99. The second-order valence-corrected chi connectivity index (χ2v) is 5.55. The van der Waals surface area contributed by atoms with E-state index in [1.165, 1.54) is 16.9 Å². The highest BCUT2D eigenvalue weighted by Crippen LogP contribution is 2.27. The van der Waals surface area contributed by atoms with Gasteiger partial charge in [0.2, 0.25) is 0 Å². The topological polar surface area (TPSA) is 47.1 Å². The van der Waals surface area contributed by atoms with Crippen molar-refractivity contribution in [1.29, 1.82) is 0 Å². The van der Waals surface area contributed by atoms with Crippen molar-refractivity contribution in [2.75, 3.05) is 11.4 Å². The summed E-state index contributed by atoms with van der Waals surface area (Å²) in [6, 6.07) is 8.79. The molecular weight excluding hydrogens is 248 g/mol. The molecule has 2 heterocycles. The fourth-order valence-corrected chi connectivity index (χ4v) is 2.99. The van der Waals surface area contributed by atoms with Crippen LogP contribution in [0.4, 0.5) is 5.69 Å². The van der Waals surface area contributed by atoms with Gasteiger partial charge in [0.1, 0.15) is 0 Å². The zero-order valence-corrected chi connectivity index (χ0v) is 12.0. The Morgan fingerprint density at radius 2 is 2.20 bits per heavy atom. The summed E-state index contributed by atoms with van der Waals surface area (Å²) in [4.78, 5) is 6.67. The van der Waals surface area contributed by atoms with Crippen LogP contribution in [0.2, 0.25) is 0 Å². The molecule has 2 N–H and O–H groups in total. The number of aromatic nitrogens is 2. The van der Waals surface area contributed by atoms with Crippen LogP contribution in [-0.2, 0) is 19.5 Å². The molecule has 4 nitrogen and oxygen atoms in total. The van der Waals surface area contributed by atoms with Crippen molar-refractivity contribution in [1.82, 2.24) is 9.55 Å². The number of benzene rings is 1. The Morgan fingerprint density at radius 3 is 3.05 bits per heavy atom. The summed E-state index contributed by atoms with van der Waals surface area (Å²) < 4.78 is 2.24. The zero-order chi connectivity index (χ0) is 13.9. The molecule has 0 saturated heterocycles. The van der Waals surface area contributed by atoms with Crippen LogP contribution in [0.1, 0.15) is 24.6 Å². The third kappa shape index (κ3) is 2.56. The normalized spacial score (nSPS) is 18.1. The number of nitrogens with two attached hydrogens (primary N) is 1. The van der Waals surface area contributed by atoms with E-state index in [1.807, 2.05) is 12.5 Å². The Labute approximate surface area is 120 Å². The second-order valence-electron chi connectivity index (χ2n) is 5.55. The van der Waals surface area contributed by atoms with Gasteiger partial charge in [-0.05, 0) is 24.5 Å². The van der Waals surface area contributed by atoms with E-state index in [0.717, 1.165) is 32.5 Å². The Hall–Kier alpha value is -1.81. The predicted octanol–water partition coefficient (Wildman–Crippen LogP) is 2.18. The zero-order valence-electron chi connectivity index (χ0n) is 12.0. The first-order chi connectivity index (χ1) is 9.78. The monoisotopic (exact) mass is 270 g/mol. The summed E-state index contributed by atoms with van der Waals surface area (Å²) >= 11 is 0. The number of hydrogen-bond acceptors (Lipinski definition) is 3. The molecular formula is C16H22N4. The summed E-state index contributed by atoms with van der Waals surface area (Å²) in [5.74, 6) is 0. The van der Waals surface area contributed by atoms with Gasteiger partial charge in [-0.2, -0.15) is 0 Å². The molecule has 0 fully saturated rings. The molecule has 20 heavy (non-hydrogen) atoms. The maximum atomic E-state index is 6.20. The fourth-order valence-electron chi connectivity index (χ4n) is 2.99.